The van der Waals surface area contributed by atoms with Gasteiger partial charge in [0.25, 0.3) is 0 Å². The molecule has 0 N–H and O–H groups in total. The maximum atomic E-state index is 8.73. The number of likely N-dealkylation sites (tertiary alicyclic amines) is 1. The van der Waals surface area contributed by atoms with Crippen LogP contribution >= 0.6 is 0 Å². The molecule has 0 aromatic carbocycles. The number of piperidine rings is 1. The Morgan fingerprint density at radius 3 is 2.35 bits per heavy atom. The van der Waals surface area contributed by atoms with Crippen LogP contribution in [0.25, 0.3) is 0 Å². The van der Waals surface area contributed by atoms with Gasteiger partial charge in [0.15, 0.2) is 0 Å². The van der Waals surface area contributed by atoms with E-state index in [1.165, 1.54) is 38.8 Å². The fourth-order valence-corrected chi connectivity index (χ4v) is 3.28. The van der Waals surface area contributed by atoms with Gasteiger partial charge in [0.2, 0.25) is 0 Å². The predicted octanol–water partition coefficient (Wildman–Crippen LogP) is 2.43. The van der Waals surface area contributed by atoms with Crippen LogP contribution in [0.3, 0.4) is 0 Å². The highest BCUT2D eigenvalue weighted by Crippen LogP contribution is 2.32. The molecule has 3 nitrogen and oxygen atoms in total. The quantitative estimate of drug-likeness (QED) is 0.755. The molecule has 0 amide bonds. The van der Waals surface area contributed by atoms with Crippen LogP contribution in [0.5, 0.6) is 0 Å². The minimum Gasteiger partial charge on any atom is -0.381 e. The minimum atomic E-state index is 0.440. The zero-order valence-electron chi connectivity index (χ0n) is 10.9. The molecular weight excluding hydrogens is 212 g/mol. The molecule has 0 radical (unpaired) electrons. The van der Waals surface area contributed by atoms with Gasteiger partial charge in [-0.15, -0.1) is 0 Å². The van der Waals surface area contributed by atoms with Gasteiger partial charge < -0.3 is 4.74 Å². The molecule has 2 rings (SSSR count). The van der Waals surface area contributed by atoms with Gasteiger partial charge in [-0.05, 0) is 57.5 Å². The molecular formula is C14H24N2O. The summed E-state index contributed by atoms with van der Waals surface area (Å²) in [7, 11) is 0. The molecule has 2 aliphatic rings. The summed E-state index contributed by atoms with van der Waals surface area (Å²) in [6.45, 7) is 6.49. The molecule has 2 saturated heterocycles. The zero-order valence-corrected chi connectivity index (χ0v) is 10.9. The van der Waals surface area contributed by atoms with Crippen LogP contribution in [0.1, 0.15) is 39.0 Å². The molecule has 2 heterocycles. The van der Waals surface area contributed by atoms with E-state index in [9.17, 15) is 0 Å². The van der Waals surface area contributed by atoms with E-state index in [0.717, 1.165) is 25.0 Å². The van der Waals surface area contributed by atoms with Crippen LogP contribution in [0.2, 0.25) is 0 Å². The van der Waals surface area contributed by atoms with E-state index in [2.05, 4.69) is 17.9 Å². The van der Waals surface area contributed by atoms with Crippen molar-refractivity contribution in [2.24, 2.45) is 11.8 Å². The number of hydrogen-bond acceptors (Lipinski definition) is 3. The highest BCUT2D eigenvalue weighted by molar-refractivity contribution is 4.85. The molecule has 0 saturated carbocycles. The fraction of sp³-hybridized carbons (Fsp3) is 0.929. The first-order valence-electron chi connectivity index (χ1n) is 7.00. The van der Waals surface area contributed by atoms with Crippen molar-refractivity contribution >= 4 is 0 Å². The van der Waals surface area contributed by atoms with Crippen LogP contribution < -0.4 is 0 Å². The van der Waals surface area contributed by atoms with E-state index in [4.69, 9.17) is 10.00 Å². The lowest BCUT2D eigenvalue weighted by Crippen LogP contribution is -2.41. The Balaban J connectivity index is 1.75. The molecule has 2 fully saturated rings. The molecule has 0 spiro atoms. The molecule has 96 valence electrons. The lowest BCUT2D eigenvalue weighted by atomic mass is 9.80. The maximum Gasteiger partial charge on any atom is 0.0638 e. The minimum absolute atomic E-state index is 0.440. The number of nitriles is 1. The van der Waals surface area contributed by atoms with E-state index in [-0.39, 0.29) is 0 Å². The van der Waals surface area contributed by atoms with Crippen molar-refractivity contribution in [1.29, 1.82) is 5.26 Å². The molecule has 0 aliphatic carbocycles. The number of nitrogens with zero attached hydrogens (tertiary/aromatic N) is 2. The van der Waals surface area contributed by atoms with E-state index in [0.29, 0.717) is 12.5 Å². The largest absolute Gasteiger partial charge is 0.381 e. The first-order valence-corrected chi connectivity index (χ1v) is 7.00. The van der Waals surface area contributed by atoms with Gasteiger partial charge in [0.05, 0.1) is 12.5 Å². The third-order valence-corrected chi connectivity index (χ3v) is 4.52. The lowest BCUT2D eigenvalue weighted by Gasteiger charge is -2.39. The summed E-state index contributed by atoms with van der Waals surface area (Å²) in [6, 6.07) is 2.72. The lowest BCUT2D eigenvalue weighted by molar-refractivity contribution is 0.0262. The second kappa shape index (κ2) is 6.37. The number of ether oxygens (including phenoxy) is 1. The van der Waals surface area contributed by atoms with E-state index >= 15 is 0 Å². The van der Waals surface area contributed by atoms with Crippen molar-refractivity contribution in [2.45, 2.75) is 45.1 Å². The average molecular weight is 236 g/mol. The van der Waals surface area contributed by atoms with Crippen LogP contribution in [0, 0.1) is 23.2 Å². The Hall–Kier alpha value is -0.590. The molecule has 0 aromatic rings. The smallest absolute Gasteiger partial charge is 0.0638 e. The predicted molar refractivity (Wildman–Crippen MR) is 67.5 cm³/mol. The van der Waals surface area contributed by atoms with Crippen molar-refractivity contribution in [1.82, 2.24) is 4.90 Å². The van der Waals surface area contributed by atoms with Crippen LogP contribution in [-0.2, 0) is 4.74 Å². The normalized spacial score (nSPS) is 26.6. The SMILES string of the molecule is C[C@H](CC#N)N1CCC(C2CCOCC2)CC1. The molecule has 17 heavy (non-hydrogen) atoms. The summed E-state index contributed by atoms with van der Waals surface area (Å²) in [6.07, 6.45) is 5.83. The summed E-state index contributed by atoms with van der Waals surface area (Å²) >= 11 is 0. The second-order valence-electron chi connectivity index (χ2n) is 5.53. The van der Waals surface area contributed by atoms with Gasteiger partial charge in [0, 0.05) is 19.3 Å². The topological polar surface area (TPSA) is 36.3 Å². The maximum absolute atomic E-state index is 8.73. The summed E-state index contributed by atoms with van der Waals surface area (Å²) in [5.41, 5.74) is 0. The highest BCUT2D eigenvalue weighted by Gasteiger charge is 2.29. The third-order valence-electron chi connectivity index (χ3n) is 4.52. The standard InChI is InChI=1S/C14H24N2O/c1-12(2-7-15)16-8-3-13(4-9-16)14-5-10-17-11-6-14/h12-14H,2-6,8-11H2,1H3/t12-/m1/s1. The van der Waals surface area contributed by atoms with Crippen molar-refractivity contribution in [2.75, 3.05) is 26.3 Å². The third kappa shape index (κ3) is 3.43. The average Bonchev–Trinajstić information content (AvgIpc) is 2.40. The molecule has 1 atom stereocenters. The van der Waals surface area contributed by atoms with Gasteiger partial charge in [-0.1, -0.05) is 0 Å². The van der Waals surface area contributed by atoms with Gasteiger partial charge in [-0.2, -0.15) is 5.26 Å². The molecule has 0 unspecified atom stereocenters. The van der Waals surface area contributed by atoms with Crippen molar-refractivity contribution < 1.29 is 4.74 Å². The Morgan fingerprint density at radius 2 is 1.76 bits per heavy atom. The summed E-state index contributed by atoms with van der Waals surface area (Å²) in [4.78, 5) is 2.49. The van der Waals surface area contributed by atoms with Gasteiger partial charge in [-0.25, -0.2) is 0 Å². The zero-order chi connectivity index (χ0) is 12.1. The van der Waals surface area contributed by atoms with Gasteiger partial charge in [-0.3, -0.25) is 4.90 Å². The van der Waals surface area contributed by atoms with Crippen molar-refractivity contribution in [3.8, 4) is 6.07 Å². The van der Waals surface area contributed by atoms with Crippen molar-refractivity contribution in [3.05, 3.63) is 0 Å². The van der Waals surface area contributed by atoms with Crippen LogP contribution in [-0.4, -0.2) is 37.2 Å². The summed E-state index contributed by atoms with van der Waals surface area (Å²) in [5.74, 6) is 1.81. The molecule has 3 heteroatoms. The van der Waals surface area contributed by atoms with Gasteiger partial charge in [0.1, 0.15) is 0 Å². The van der Waals surface area contributed by atoms with E-state index < -0.39 is 0 Å². The number of hydrogen-bond donors (Lipinski definition) is 0. The first-order chi connectivity index (χ1) is 8.31. The summed E-state index contributed by atoms with van der Waals surface area (Å²) < 4.78 is 5.44. The molecule has 0 aromatic heterocycles. The van der Waals surface area contributed by atoms with Crippen molar-refractivity contribution in [3.63, 3.8) is 0 Å². The Labute approximate surface area is 105 Å². The molecule has 2 aliphatic heterocycles. The Morgan fingerprint density at radius 1 is 1.18 bits per heavy atom. The Kier molecular flexibility index (Phi) is 4.82. The van der Waals surface area contributed by atoms with E-state index in [1.54, 1.807) is 0 Å². The first kappa shape index (κ1) is 12.9. The molecule has 0 bridgehead atoms. The fourth-order valence-electron chi connectivity index (χ4n) is 3.28. The Bertz CT molecular complexity index is 260. The van der Waals surface area contributed by atoms with Crippen LogP contribution in [0.4, 0.5) is 0 Å². The van der Waals surface area contributed by atoms with Crippen LogP contribution in [0.15, 0.2) is 0 Å². The van der Waals surface area contributed by atoms with Gasteiger partial charge >= 0.3 is 0 Å². The summed E-state index contributed by atoms with van der Waals surface area (Å²) in [5, 5.41) is 8.73. The monoisotopic (exact) mass is 236 g/mol. The number of rotatable bonds is 3. The second-order valence-corrected chi connectivity index (χ2v) is 5.53. The highest BCUT2D eigenvalue weighted by atomic mass is 16.5. The van der Waals surface area contributed by atoms with E-state index in [1.807, 2.05) is 0 Å².